The Kier molecular flexibility index (Phi) is 5.78. The Morgan fingerprint density at radius 3 is 1.51 bits per heavy atom. The second-order valence-corrected chi connectivity index (χ2v) is 11.2. The van der Waals surface area contributed by atoms with Crippen LogP contribution in [-0.4, -0.2) is 11.1 Å². The molecule has 220 valence electrons. The molecule has 0 saturated heterocycles. The van der Waals surface area contributed by atoms with E-state index in [0.29, 0.717) is 22.3 Å². The number of halogens is 6. The van der Waals surface area contributed by atoms with Crippen LogP contribution in [0.4, 0.5) is 26.3 Å². The van der Waals surface area contributed by atoms with E-state index in [4.69, 9.17) is 0 Å². The summed E-state index contributed by atoms with van der Waals surface area (Å²) in [5.74, 6) is -11.3. The van der Waals surface area contributed by atoms with Gasteiger partial charge in [-0.2, -0.15) is 0 Å². The highest BCUT2D eigenvalue weighted by molar-refractivity contribution is 6.15. The summed E-state index contributed by atoms with van der Waals surface area (Å²) in [5, 5.41) is 11.0. The van der Waals surface area contributed by atoms with E-state index in [1.165, 1.54) is 12.1 Å². The molecule has 45 heavy (non-hydrogen) atoms. The van der Waals surface area contributed by atoms with Gasteiger partial charge in [-0.25, -0.2) is 31.1 Å². The summed E-state index contributed by atoms with van der Waals surface area (Å²) in [5.41, 5.74) is -0.973. The molecule has 0 fully saturated rings. The number of carboxylic acid groups (broad SMARTS) is 1. The van der Waals surface area contributed by atoms with E-state index in [1.807, 2.05) is 0 Å². The highest BCUT2D eigenvalue weighted by Crippen LogP contribution is 2.53. The maximum absolute atomic E-state index is 16.3. The molecule has 8 heteroatoms. The smallest absolute Gasteiger partial charge is 0.336 e. The fourth-order valence-corrected chi connectivity index (χ4v) is 7.11. The maximum atomic E-state index is 16.3. The van der Waals surface area contributed by atoms with Crippen LogP contribution in [0.2, 0.25) is 0 Å². The van der Waals surface area contributed by atoms with Crippen molar-refractivity contribution in [1.82, 2.24) is 0 Å². The summed E-state index contributed by atoms with van der Waals surface area (Å²) in [6, 6.07) is 20.6. The predicted octanol–water partition coefficient (Wildman–Crippen LogP) is 9.85. The lowest BCUT2D eigenvalue weighted by molar-refractivity contribution is 0.0700. The lowest BCUT2D eigenvalue weighted by Crippen LogP contribution is -2.10. The van der Waals surface area contributed by atoms with Crippen molar-refractivity contribution in [2.75, 3.05) is 0 Å². The van der Waals surface area contributed by atoms with Gasteiger partial charge < -0.3 is 5.11 Å². The molecule has 2 aliphatic rings. The van der Waals surface area contributed by atoms with Crippen LogP contribution in [-0.2, 0) is 12.8 Å². The second-order valence-electron chi connectivity index (χ2n) is 11.2. The van der Waals surface area contributed by atoms with Crippen molar-refractivity contribution >= 4 is 16.7 Å². The highest BCUT2D eigenvalue weighted by Gasteiger charge is 2.38. The Morgan fingerprint density at radius 1 is 0.511 bits per heavy atom. The van der Waals surface area contributed by atoms with E-state index >= 15 is 26.3 Å². The van der Waals surface area contributed by atoms with Gasteiger partial charge in [0.25, 0.3) is 0 Å². The lowest BCUT2D eigenvalue weighted by Gasteiger charge is -2.22. The van der Waals surface area contributed by atoms with E-state index in [1.54, 1.807) is 66.7 Å². The van der Waals surface area contributed by atoms with Gasteiger partial charge in [0.2, 0.25) is 0 Å². The van der Waals surface area contributed by atoms with Crippen LogP contribution in [0, 0.1) is 34.9 Å². The van der Waals surface area contributed by atoms with Crippen molar-refractivity contribution in [2.45, 2.75) is 12.8 Å². The zero-order valence-corrected chi connectivity index (χ0v) is 23.0. The van der Waals surface area contributed by atoms with Gasteiger partial charge in [0.1, 0.15) is 0 Å². The Labute approximate surface area is 251 Å². The minimum absolute atomic E-state index is 0.0309. The Bertz CT molecular complexity index is 2320. The third-order valence-corrected chi connectivity index (χ3v) is 8.95. The normalized spacial score (nSPS) is 12.7. The third-order valence-electron chi connectivity index (χ3n) is 8.95. The van der Waals surface area contributed by atoms with E-state index in [-0.39, 0.29) is 51.4 Å². The standard InChI is InChI=1S/C37H18F6O2/c38-31-25-19-10-4-1-7-16(19)13-22(25)27(33(40)35(31)42)23-14-18-9-3-6-12-21(18)30(37(44)45)28(23)29-24-15-17-8-2-5-11-20(17)26(24)32(39)36(43)34(29)41/h1-12,14H,13,15H2,(H,44,45). The zero-order chi connectivity index (χ0) is 31.3. The number of hydrogen-bond donors (Lipinski definition) is 1. The molecule has 6 aromatic carbocycles. The first-order valence-corrected chi connectivity index (χ1v) is 14.0. The Hall–Kier alpha value is -5.37. The average Bonchev–Trinajstić information content (AvgIpc) is 3.61. The molecule has 0 unspecified atom stereocenters. The molecule has 0 bridgehead atoms. The molecule has 0 aromatic heterocycles. The van der Waals surface area contributed by atoms with Gasteiger partial charge in [-0.15, -0.1) is 0 Å². The fourth-order valence-electron chi connectivity index (χ4n) is 7.11. The molecular weight excluding hydrogens is 590 g/mol. The van der Waals surface area contributed by atoms with Gasteiger partial charge >= 0.3 is 5.97 Å². The highest BCUT2D eigenvalue weighted by atomic mass is 19.2. The van der Waals surface area contributed by atoms with E-state index < -0.39 is 63.1 Å². The number of hydrogen-bond acceptors (Lipinski definition) is 1. The van der Waals surface area contributed by atoms with Crippen LogP contribution in [0.15, 0.2) is 78.9 Å². The number of fused-ring (bicyclic) bond motifs is 7. The van der Waals surface area contributed by atoms with Crippen LogP contribution in [0.25, 0.3) is 55.3 Å². The second kappa shape index (κ2) is 9.56. The molecule has 8 rings (SSSR count). The molecule has 0 aliphatic heterocycles. The number of aromatic carboxylic acids is 1. The van der Waals surface area contributed by atoms with Gasteiger partial charge in [0.15, 0.2) is 34.9 Å². The van der Waals surface area contributed by atoms with Crippen molar-refractivity contribution in [3.8, 4) is 44.5 Å². The molecule has 2 aliphatic carbocycles. The summed E-state index contributed by atoms with van der Waals surface area (Å²) >= 11 is 0. The van der Waals surface area contributed by atoms with E-state index in [0.717, 1.165) is 0 Å². The maximum Gasteiger partial charge on any atom is 0.336 e. The minimum Gasteiger partial charge on any atom is -0.478 e. The summed E-state index contributed by atoms with van der Waals surface area (Å²) < 4.78 is 94.4. The van der Waals surface area contributed by atoms with Crippen molar-refractivity contribution in [3.05, 3.63) is 142 Å². The SMILES string of the molecule is O=C(O)c1c(-c2c(F)c(F)c(F)c3c2Cc2ccccc2-3)c(-c2c(F)c(F)c(F)c3c2Cc2ccccc2-3)cc2ccccc12. The monoisotopic (exact) mass is 608 g/mol. The number of rotatable bonds is 3. The van der Waals surface area contributed by atoms with Crippen molar-refractivity contribution in [1.29, 1.82) is 0 Å². The van der Waals surface area contributed by atoms with Crippen molar-refractivity contribution in [2.24, 2.45) is 0 Å². The number of carbonyl (C=O) groups is 1. The Morgan fingerprint density at radius 2 is 0.956 bits per heavy atom. The van der Waals surface area contributed by atoms with Crippen molar-refractivity contribution < 1.29 is 36.2 Å². The van der Waals surface area contributed by atoms with Gasteiger partial charge in [-0.3, -0.25) is 0 Å². The molecule has 0 amide bonds. The Balaban J connectivity index is 1.58. The first-order chi connectivity index (χ1) is 21.7. The largest absolute Gasteiger partial charge is 0.478 e. The van der Waals surface area contributed by atoms with Gasteiger partial charge in [0, 0.05) is 27.8 Å². The van der Waals surface area contributed by atoms with E-state index in [9.17, 15) is 9.90 Å². The van der Waals surface area contributed by atoms with Crippen LogP contribution in [0.1, 0.15) is 32.6 Å². The quantitative estimate of drug-likeness (QED) is 0.160. The molecule has 2 nitrogen and oxygen atoms in total. The van der Waals surface area contributed by atoms with Crippen LogP contribution in [0.3, 0.4) is 0 Å². The first kappa shape index (κ1) is 27.2. The summed E-state index contributed by atoms with van der Waals surface area (Å²) in [7, 11) is 0. The van der Waals surface area contributed by atoms with Crippen LogP contribution < -0.4 is 0 Å². The molecule has 0 spiro atoms. The molecule has 6 aromatic rings. The average molecular weight is 609 g/mol. The van der Waals surface area contributed by atoms with Crippen LogP contribution >= 0.6 is 0 Å². The number of benzene rings is 6. The number of carboxylic acids is 1. The van der Waals surface area contributed by atoms with Crippen molar-refractivity contribution in [3.63, 3.8) is 0 Å². The van der Waals surface area contributed by atoms with E-state index in [2.05, 4.69) is 0 Å². The first-order valence-electron chi connectivity index (χ1n) is 14.0. The molecule has 0 heterocycles. The molecule has 0 saturated carbocycles. The van der Waals surface area contributed by atoms with Gasteiger partial charge in [0.05, 0.1) is 5.56 Å². The molecular formula is C37H18F6O2. The molecule has 1 N–H and O–H groups in total. The zero-order valence-electron chi connectivity index (χ0n) is 23.0. The lowest BCUT2D eigenvalue weighted by atomic mass is 9.81. The predicted molar refractivity (Wildman–Crippen MR) is 158 cm³/mol. The summed E-state index contributed by atoms with van der Waals surface area (Å²) in [6.45, 7) is 0. The van der Waals surface area contributed by atoms with Gasteiger partial charge in [-0.1, -0.05) is 72.8 Å². The fraction of sp³-hybridized carbons (Fsp3) is 0.0541. The molecule has 0 radical (unpaired) electrons. The third kappa shape index (κ3) is 3.62. The van der Waals surface area contributed by atoms with Gasteiger partial charge in [-0.05, 0) is 68.6 Å². The molecule has 0 atom stereocenters. The van der Waals surface area contributed by atoms with Crippen LogP contribution in [0.5, 0.6) is 0 Å². The topological polar surface area (TPSA) is 37.3 Å². The summed E-state index contributed by atoms with van der Waals surface area (Å²) in [6.07, 6.45) is -0.114. The summed E-state index contributed by atoms with van der Waals surface area (Å²) in [4.78, 5) is 13.1. The minimum atomic E-state index is -1.83.